The summed E-state index contributed by atoms with van der Waals surface area (Å²) in [6.45, 7) is 0.0513. The molecule has 0 atom stereocenters. The van der Waals surface area contributed by atoms with Crippen LogP contribution in [0.2, 0.25) is 0 Å². The number of hydrogen-bond acceptors (Lipinski definition) is 4. The van der Waals surface area contributed by atoms with Crippen molar-refractivity contribution in [2.45, 2.75) is 44.9 Å². The number of carbonyl (C=O) groups is 2. The third-order valence-electron chi connectivity index (χ3n) is 3.32. The number of ketones is 1. The molecule has 0 aromatic heterocycles. The first-order chi connectivity index (χ1) is 10.6. The van der Waals surface area contributed by atoms with Crippen LogP contribution in [0.5, 0.6) is 0 Å². The molecule has 1 N–H and O–H groups in total. The summed E-state index contributed by atoms with van der Waals surface area (Å²) >= 11 is 3.30. The van der Waals surface area contributed by atoms with E-state index in [1.54, 1.807) is 24.3 Å². The van der Waals surface area contributed by atoms with Crippen LogP contribution in [0, 0.1) is 0 Å². The van der Waals surface area contributed by atoms with Crippen molar-refractivity contribution in [3.8, 4) is 0 Å². The van der Waals surface area contributed by atoms with Gasteiger partial charge in [-0.3, -0.25) is 9.59 Å². The fraction of sp³-hybridized carbons (Fsp3) is 0.529. The largest absolute Gasteiger partial charge is 0.457 e. The van der Waals surface area contributed by atoms with Gasteiger partial charge in [-0.1, -0.05) is 53.7 Å². The Labute approximate surface area is 140 Å². The zero-order valence-corrected chi connectivity index (χ0v) is 14.3. The first-order valence-electron chi connectivity index (χ1n) is 7.68. The Balaban J connectivity index is 2.10. The topological polar surface area (TPSA) is 63.6 Å². The fourth-order valence-electron chi connectivity index (χ4n) is 2.03. The molecular weight excluding hydrogens is 348 g/mol. The maximum absolute atomic E-state index is 11.8. The van der Waals surface area contributed by atoms with E-state index in [1.165, 1.54) is 0 Å². The standard InChI is InChI=1S/C17H23BrO4/c18-15-10-8-14(9-11-15)16(20)13-22-17(21)7-5-3-1-2-4-6-12-19/h8-11,19H,1-7,12-13H2. The van der Waals surface area contributed by atoms with Crippen LogP contribution in [0.1, 0.15) is 55.3 Å². The molecule has 22 heavy (non-hydrogen) atoms. The van der Waals surface area contributed by atoms with Gasteiger partial charge in [-0.25, -0.2) is 0 Å². The summed E-state index contributed by atoms with van der Waals surface area (Å²) in [6.07, 6.45) is 6.13. The van der Waals surface area contributed by atoms with Gasteiger partial charge in [-0.15, -0.1) is 0 Å². The SMILES string of the molecule is O=C(CCCCCCCCO)OCC(=O)c1ccc(Br)cc1. The lowest BCUT2D eigenvalue weighted by Crippen LogP contribution is -2.13. The highest BCUT2D eigenvalue weighted by Gasteiger charge is 2.09. The summed E-state index contributed by atoms with van der Waals surface area (Å²) in [7, 11) is 0. The molecule has 122 valence electrons. The molecule has 0 fully saturated rings. The van der Waals surface area contributed by atoms with Crippen LogP contribution in [-0.2, 0) is 9.53 Å². The van der Waals surface area contributed by atoms with Crippen LogP contribution in [0.25, 0.3) is 0 Å². The van der Waals surface area contributed by atoms with E-state index < -0.39 is 0 Å². The van der Waals surface area contributed by atoms with E-state index in [1.807, 2.05) is 0 Å². The predicted octanol–water partition coefficient (Wildman–Crippen LogP) is 3.90. The summed E-state index contributed by atoms with van der Waals surface area (Å²) in [5.74, 6) is -0.509. The smallest absolute Gasteiger partial charge is 0.306 e. The third-order valence-corrected chi connectivity index (χ3v) is 3.85. The van der Waals surface area contributed by atoms with Crippen LogP contribution in [-0.4, -0.2) is 30.1 Å². The van der Waals surface area contributed by atoms with Crippen LogP contribution in [0.3, 0.4) is 0 Å². The molecule has 4 nitrogen and oxygen atoms in total. The van der Waals surface area contributed by atoms with Crippen LogP contribution in [0.15, 0.2) is 28.7 Å². The highest BCUT2D eigenvalue weighted by atomic mass is 79.9. The highest BCUT2D eigenvalue weighted by molar-refractivity contribution is 9.10. The molecule has 0 saturated heterocycles. The zero-order valence-electron chi connectivity index (χ0n) is 12.7. The molecule has 0 aliphatic rings. The third kappa shape index (κ3) is 8.29. The van der Waals surface area contributed by atoms with Gasteiger partial charge in [-0.05, 0) is 25.0 Å². The lowest BCUT2D eigenvalue weighted by Gasteiger charge is -2.05. The van der Waals surface area contributed by atoms with Crippen molar-refractivity contribution in [3.05, 3.63) is 34.3 Å². The number of rotatable bonds is 11. The van der Waals surface area contributed by atoms with Crippen LogP contribution >= 0.6 is 15.9 Å². The first kappa shape index (κ1) is 18.8. The molecule has 0 aliphatic heterocycles. The molecular formula is C17H23BrO4. The second-order valence-electron chi connectivity index (χ2n) is 5.19. The summed E-state index contributed by atoms with van der Waals surface area (Å²) in [4.78, 5) is 23.4. The van der Waals surface area contributed by atoms with Gasteiger partial charge in [0.2, 0.25) is 0 Å². The van der Waals surface area contributed by atoms with Crippen molar-refractivity contribution in [1.29, 1.82) is 0 Å². The van der Waals surface area contributed by atoms with Gasteiger partial charge >= 0.3 is 5.97 Å². The molecule has 0 aliphatic carbocycles. The molecule has 0 unspecified atom stereocenters. The Bertz CT molecular complexity index is 456. The van der Waals surface area contributed by atoms with E-state index in [4.69, 9.17) is 9.84 Å². The van der Waals surface area contributed by atoms with Crippen molar-refractivity contribution in [3.63, 3.8) is 0 Å². The lowest BCUT2D eigenvalue weighted by molar-refractivity contribution is -0.142. The average molecular weight is 371 g/mol. The van der Waals surface area contributed by atoms with E-state index in [-0.39, 0.29) is 25.0 Å². The Morgan fingerprint density at radius 1 is 0.955 bits per heavy atom. The molecule has 5 heteroatoms. The number of hydrogen-bond donors (Lipinski definition) is 1. The Morgan fingerprint density at radius 3 is 2.18 bits per heavy atom. The van der Waals surface area contributed by atoms with Crippen LogP contribution < -0.4 is 0 Å². The predicted molar refractivity (Wildman–Crippen MR) is 88.8 cm³/mol. The molecule has 1 aromatic rings. The second-order valence-corrected chi connectivity index (χ2v) is 6.10. The minimum Gasteiger partial charge on any atom is -0.457 e. The van der Waals surface area contributed by atoms with E-state index >= 15 is 0 Å². The van der Waals surface area contributed by atoms with Gasteiger partial charge in [-0.2, -0.15) is 0 Å². The van der Waals surface area contributed by atoms with Gasteiger partial charge in [0.05, 0.1) is 0 Å². The van der Waals surface area contributed by atoms with Crippen molar-refractivity contribution >= 4 is 27.7 Å². The van der Waals surface area contributed by atoms with Crippen molar-refractivity contribution in [2.24, 2.45) is 0 Å². The fourth-order valence-corrected chi connectivity index (χ4v) is 2.29. The number of aliphatic hydroxyl groups excluding tert-OH is 1. The van der Waals surface area contributed by atoms with Gasteiger partial charge in [0, 0.05) is 23.1 Å². The Hall–Kier alpha value is -1.20. The average Bonchev–Trinajstić information content (AvgIpc) is 2.52. The minimum absolute atomic E-state index is 0.190. The van der Waals surface area contributed by atoms with E-state index in [2.05, 4.69) is 15.9 Å². The number of halogens is 1. The normalized spacial score (nSPS) is 10.5. The zero-order chi connectivity index (χ0) is 16.2. The minimum atomic E-state index is -0.319. The summed E-state index contributed by atoms with van der Waals surface area (Å²) in [5, 5.41) is 8.65. The number of aliphatic hydroxyl groups is 1. The van der Waals surface area contributed by atoms with Crippen molar-refractivity contribution < 1.29 is 19.4 Å². The van der Waals surface area contributed by atoms with Gasteiger partial charge < -0.3 is 9.84 Å². The molecule has 0 radical (unpaired) electrons. The molecule has 1 rings (SSSR count). The quantitative estimate of drug-likeness (QED) is 0.364. The molecule has 1 aromatic carbocycles. The first-order valence-corrected chi connectivity index (χ1v) is 8.48. The van der Waals surface area contributed by atoms with Gasteiger partial charge in [0.25, 0.3) is 0 Å². The van der Waals surface area contributed by atoms with E-state index in [0.717, 1.165) is 43.0 Å². The molecule has 0 saturated carbocycles. The molecule has 0 amide bonds. The number of carbonyl (C=O) groups excluding carboxylic acids is 2. The summed E-state index contributed by atoms with van der Waals surface area (Å²) in [5.41, 5.74) is 0.542. The van der Waals surface area contributed by atoms with Crippen molar-refractivity contribution in [1.82, 2.24) is 0 Å². The second kappa shape index (κ2) is 11.4. The van der Waals surface area contributed by atoms with Crippen molar-refractivity contribution in [2.75, 3.05) is 13.2 Å². The van der Waals surface area contributed by atoms with Crippen LogP contribution in [0.4, 0.5) is 0 Å². The maximum atomic E-state index is 11.8. The van der Waals surface area contributed by atoms with E-state index in [9.17, 15) is 9.59 Å². The maximum Gasteiger partial charge on any atom is 0.306 e. The number of benzene rings is 1. The Morgan fingerprint density at radius 2 is 1.55 bits per heavy atom. The lowest BCUT2D eigenvalue weighted by atomic mass is 10.1. The molecule has 0 heterocycles. The molecule has 0 bridgehead atoms. The Kier molecular flexibility index (Phi) is 9.75. The number of esters is 1. The summed E-state index contributed by atoms with van der Waals surface area (Å²) < 4.78 is 5.90. The number of unbranched alkanes of at least 4 members (excludes halogenated alkanes) is 5. The number of Topliss-reactive ketones (excluding diaryl/α,β-unsaturated/α-hetero) is 1. The van der Waals surface area contributed by atoms with E-state index in [0.29, 0.717) is 12.0 Å². The van der Waals surface area contributed by atoms with Gasteiger partial charge in [0.15, 0.2) is 12.4 Å². The summed E-state index contributed by atoms with van der Waals surface area (Å²) in [6, 6.07) is 6.97. The molecule has 0 spiro atoms. The monoisotopic (exact) mass is 370 g/mol. The van der Waals surface area contributed by atoms with Gasteiger partial charge in [0.1, 0.15) is 0 Å². The number of ether oxygens (including phenoxy) is 1. The highest BCUT2D eigenvalue weighted by Crippen LogP contribution is 2.11.